The van der Waals surface area contributed by atoms with E-state index in [4.69, 9.17) is 10.2 Å². The average Bonchev–Trinajstić information content (AvgIpc) is 2.84. The lowest BCUT2D eigenvalue weighted by Crippen LogP contribution is -2.37. The maximum Gasteiger partial charge on any atom is 0.305 e. The molecule has 0 amide bonds. The molecule has 0 saturated carbocycles. The Balaban J connectivity index is 2.65. The van der Waals surface area contributed by atoms with Crippen LogP contribution in [-0.2, 0) is 9.59 Å². The standard InChI is InChI=1S/C31H42FNO8/c1-18(2)31-27(12-11-24(35)14-26(37)16-29(40)41)30(20-5-8-22(32)9-6-20)21(17-33(31)19(3)4)7-10-23(34)13-25(36)15-28(38)39/h5-12,18-19,23-26,34-37H,13-17H2,1-4H3,(H,38,39)(H,40,41). The van der Waals surface area contributed by atoms with Crippen molar-refractivity contribution in [1.82, 2.24) is 4.90 Å². The fourth-order valence-corrected chi connectivity index (χ4v) is 4.89. The molecule has 41 heavy (non-hydrogen) atoms. The predicted octanol–water partition coefficient (Wildman–Crippen LogP) is 3.50. The van der Waals surface area contributed by atoms with Crippen molar-refractivity contribution < 1.29 is 44.6 Å². The Bertz CT molecular complexity index is 1170. The summed E-state index contributed by atoms with van der Waals surface area (Å²) >= 11 is 0. The second kappa shape index (κ2) is 15.6. The van der Waals surface area contributed by atoms with Gasteiger partial charge in [0.05, 0.1) is 37.3 Å². The molecule has 0 aliphatic carbocycles. The zero-order chi connectivity index (χ0) is 30.9. The summed E-state index contributed by atoms with van der Waals surface area (Å²) < 4.78 is 13.9. The zero-order valence-electron chi connectivity index (χ0n) is 23.9. The molecule has 1 aromatic carbocycles. The quantitative estimate of drug-likeness (QED) is 0.184. The minimum Gasteiger partial charge on any atom is -0.481 e. The van der Waals surface area contributed by atoms with Gasteiger partial charge in [0.1, 0.15) is 5.82 Å². The summed E-state index contributed by atoms with van der Waals surface area (Å²) in [4.78, 5) is 24.0. The summed E-state index contributed by atoms with van der Waals surface area (Å²) in [6, 6.07) is 6.00. The van der Waals surface area contributed by atoms with Gasteiger partial charge in [-0.1, -0.05) is 50.3 Å². The van der Waals surface area contributed by atoms with E-state index in [1.165, 1.54) is 24.3 Å². The zero-order valence-corrected chi connectivity index (χ0v) is 23.9. The lowest BCUT2D eigenvalue weighted by Gasteiger charge is -2.40. The number of carboxylic acid groups (broad SMARTS) is 2. The molecular formula is C31H42FNO8. The van der Waals surface area contributed by atoms with Gasteiger partial charge in [0.15, 0.2) is 0 Å². The number of allylic oxidation sites excluding steroid dienone is 4. The number of nitrogens with zero attached hydrogens (tertiary/aromatic N) is 1. The third-order valence-electron chi connectivity index (χ3n) is 6.67. The van der Waals surface area contributed by atoms with Crippen LogP contribution in [0.15, 0.2) is 65.4 Å². The van der Waals surface area contributed by atoms with E-state index < -0.39 is 55.0 Å². The molecule has 0 saturated heterocycles. The monoisotopic (exact) mass is 575 g/mol. The van der Waals surface area contributed by atoms with E-state index >= 15 is 0 Å². The lowest BCUT2D eigenvalue weighted by atomic mass is 9.83. The van der Waals surface area contributed by atoms with Crippen LogP contribution in [0.3, 0.4) is 0 Å². The van der Waals surface area contributed by atoms with Crippen molar-refractivity contribution in [2.45, 2.75) is 83.8 Å². The van der Waals surface area contributed by atoms with E-state index in [-0.39, 0.29) is 24.8 Å². The molecule has 226 valence electrons. The molecule has 1 heterocycles. The van der Waals surface area contributed by atoms with Crippen molar-refractivity contribution in [2.24, 2.45) is 5.92 Å². The number of hydrogen-bond acceptors (Lipinski definition) is 7. The van der Waals surface area contributed by atoms with E-state index in [1.807, 2.05) is 27.7 Å². The molecule has 9 nitrogen and oxygen atoms in total. The van der Waals surface area contributed by atoms with Crippen molar-refractivity contribution in [1.29, 1.82) is 0 Å². The smallest absolute Gasteiger partial charge is 0.305 e. The Morgan fingerprint density at radius 2 is 1.34 bits per heavy atom. The number of benzene rings is 1. The highest BCUT2D eigenvalue weighted by molar-refractivity contribution is 5.87. The number of carboxylic acids is 2. The second-order valence-electron chi connectivity index (χ2n) is 10.9. The molecule has 0 aromatic heterocycles. The number of halogens is 1. The van der Waals surface area contributed by atoms with Gasteiger partial charge in [-0.2, -0.15) is 0 Å². The van der Waals surface area contributed by atoms with Crippen molar-refractivity contribution in [2.75, 3.05) is 6.54 Å². The molecule has 4 atom stereocenters. The predicted molar refractivity (Wildman–Crippen MR) is 153 cm³/mol. The van der Waals surface area contributed by atoms with Crippen molar-refractivity contribution in [3.8, 4) is 0 Å². The average molecular weight is 576 g/mol. The van der Waals surface area contributed by atoms with E-state index in [0.29, 0.717) is 12.1 Å². The largest absolute Gasteiger partial charge is 0.481 e. The first kappa shape index (κ1) is 33.9. The second-order valence-corrected chi connectivity index (χ2v) is 10.9. The first-order valence-electron chi connectivity index (χ1n) is 13.7. The van der Waals surface area contributed by atoms with Crippen molar-refractivity contribution >= 4 is 17.5 Å². The molecule has 0 radical (unpaired) electrons. The summed E-state index contributed by atoms with van der Waals surface area (Å²) in [5.41, 5.74) is 3.88. The van der Waals surface area contributed by atoms with Crippen LogP contribution in [0.5, 0.6) is 0 Å². The molecule has 2 rings (SSSR count). The van der Waals surface area contributed by atoms with Crippen LogP contribution in [0, 0.1) is 11.7 Å². The molecule has 4 unspecified atom stereocenters. The van der Waals surface area contributed by atoms with Crippen LogP contribution in [0.1, 0.15) is 58.9 Å². The summed E-state index contributed by atoms with van der Waals surface area (Å²) in [6.07, 6.45) is 0.389. The van der Waals surface area contributed by atoms with Crippen LogP contribution < -0.4 is 0 Å². The summed E-state index contributed by atoms with van der Waals surface area (Å²) in [7, 11) is 0. The minimum atomic E-state index is -1.23. The Hall–Kier alpha value is -3.31. The number of aliphatic hydroxyl groups excluding tert-OH is 4. The van der Waals surface area contributed by atoms with E-state index in [2.05, 4.69) is 4.90 Å². The topological polar surface area (TPSA) is 159 Å². The number of rotatable bonds is 15. The number of aliphatic carboxylic acids is 2. The molecule has 1 aromatic rings. The van der Waals surface area contributed by atoms with Gasteiger partial charge in [0.2, 0.25) is 0 Å². The normalized spacial score (nSPS) is 17.7. The summed E-state index contributed by atoms with van der Waals surface area (Å²) in [6.45, 7) is 8.56. The maximum atomic E-state index is 13.9. The SMILES string of the molecule is CC(C)C1=C(C=CC(O)CC(O)CC(=O)O)C(c2ccc(F)cc2)=C(C=CC(O)CC(O)CC(=O)O)CN1C(C)C. The van der Waals surface area contributed by atoms with E-state index in [0.717, 1.165) is 22.4 Å². The van der Waals surface area contributed by atoms with Gasteiger partial charge in [-0.05, 0) is 48.6 Å². The van der Waals surface area contributed by atoms with E-state index in [9.17, 15) is 34.4 Å². The summed E-state index contributed by atoms with van der Waals surface area (Å²) in [5.74, 6) is -2.73. The Morgan fingerprint density at radius 1 is 0.854 bits per heavy atom. The van der Waals surface area contributed by atoms with Gasteiger partial charge in [0.25, 0.3) is 0 Å². The van der Waals surface area contributed by atoms with Gasteiger partial charge in [0, 0.05) is 36.7 Å². The molecule has 0 fully saturated rings. The van der Waals surface area contributed by atoms with Crippen molar-refractivity contribution in [3.05, 3.63) is 76.8 Å². The Morgan fingerprint density at radius 3 is 1.78 bits per heavy atom. The third kappa shape index (κ3) is 10.6. The van der Waals surface area contributed by atoms with Crippen LogP contribution in [0.25, 0.3) is 5.57 Å². The van der Waals surface area contributed by atoms with E-state index in [1.54, 1.807) is 24.3 Å². The Kier molecular flexibility index (Phi) is 12.9. The lowest BCUT2D eigenvalue weighted by molar-refractivity contribution is -0.140. The van der Waals surface area contributed by atoms with Crippen LogP contribution in [-0.4, -0.2) is 84.5 Å². The Labute approximate surface area is 240 Å². The highest BCUT2D eigenvalue weighted by Crippen LogP contribution is 2.40. The fraction of sp³-hybridized carbons (Fsp3) is 0.484. The molecule has 6 N–H and O–H groups in total. The third-order valence-corrected chi connectivity index (χ3v) is 6.67. The molecule has 10 heteroatoms. The van der Waals surface area contributed by atoms with Crippen LogP contribution in [0.2, 0.25) is 0 Å². The van der Waals surface area contributed by atoms with Gasteiger partial charge in [-0.3, -0.25) is 9.59 Å². The van der Waals surface area contributed by atoms with Crippen LogP contribution in [0.4, 0.5) is 4.39 Å². The molecule has 0 bridgehead atoms. The molecule has 1 aliphatic rings. The highest BCUT2D eigenvalue weighted by atomic mass is 19.1. The summed E-state index contributed by atoms with van der Waals surface area (Å²) in [5, 5.41) is 58.9. The molecular weight excluding hydrogens is 533 g/mol. The van der Waals surface area contributed by atoms with Crippen LogP contribution >= 0.6 is 0 Å². The minimum absolute atomic E-state index is 0.0320. The number of hydrogen-bond donors (Lipinski definition) is 6. The van der Waals surface area contributed by atoms with Crippen molar-refractivity contribution in [3.63, 3.8) is 0 Å². The number of aliphatic hydroxyl groups is 4. The fourth-order valence-electron chi connectivity index (χ4n) is 4.89. The molecule has 0 spiro atoms. The van der Waals surface area contributed by atoms with Gasteiger partial charge >= 0.3 is 11.9 Å². The highest BCUT2D eigenvalue weighted by Gasteiger charge is 2.29. The van der Waals surface area contributed by atoms with Gasteiger partial charge < -0.3 is 35.5 Å². The van der Waals surface area contributed by atoms with Gasteiger partial charge in [-0.15, -0.1) is 0 Å². The molecule has 1 aliphatic heterocycles. The first-order chi connectivity index (χ1) is 19.2. The maximum absolute atomic E-state index is 13.9. The van der Waals surface area contributed by atoms with Gasteiger partial charge in [-0.25, -0.2) is 4.39 Å². The number of carbonyl (C=O) groups is 2. The first-order valence-corrected chi connectivity index (χ1v) is 13.7.